The summed E-state index contributed by atoms with van der Waals surface area (Å²) in [6, 6.07) is 14.6. The molecule has 0 saturated heterocycles. The maximum absolute atomic E-state index is 13.6. The Labute approximate surface area is 112 Å². The molecular formula is C16H16FNO. The van der Waals surface area contributed by atoms with Crippen molar-refractivity contribution in [2.75, 3.05) is 6.61 Å². The molecule has 0 aromatic heterocycles. The largest absolute Gasteiger partial charge is 0.486 e. The Morgan fingerprint density at radius 3 is 2.58 bits per heavy atom. The second kappa shape index (κ2) is 6.71. The van der Waals surface area contributed by atoms with Crippen molar-refractivity contribution in [1.29, 1.82) is 0 Å². The number of halogens is 1. The van der Waals surface area contributed by atoms with Gasteiger partial charge in [0.1, 0.15) is 6.61 Å². The molecule has 2 rings (SSSR count). The smallest absolute Gasteiger partial charge is 0.165 e. The van der Waals surface area contributed by atoms with Crippen LogP contribution in [-0.2, 0) is 6.54 Å². The number of hydrogen-bond acceptors (Lipinski definition) is 2. The highest BCUT2D eigenvalue weighted by Crippen LogP contribution is 2.18. The van der Waals surface area contributed by atoms with Gasteiger partial charge < -0.3 is 10.5 Å². The molecule has 0 spiro atoms. The predicted octanol–water partition coefficient (Wildman–Crippen LogP) is 3.38. The molecule has 2 aromatic rings. The van der Waals surface area contributed by atoms with Gasteiger partial charge in [-0.1, -0.05) is 42.5 Å². The van der Waals surface area contributed by atoms with Crippen molar-refractivity contribution in [3.63, 3.8) is 0 Å². The maximum Gasteiger partial charge on any atom is 0.165 e. The molecule has 0 aliphatic rings. The van der Waals surface area contributed by atoms with Crippen molar-refractivity contribution in [3.05, 3.63) is 71.6 Å². The fourth-order valence-corrected chi connectivity index (χ4v) is 1.67. The summed E-state index contributed by atoms with van der Waals surface area (Å²) in [7, 11) is 0. The van der Waals surface area contributed by atoms with Gasteiger partial charge in [-0.25, -0.2) is 4.39 Å². The number of benzene rings is 2. The van der Waals surface area contributed by atoms with Crippen LogP contribution in [0.5, 0.6) is 5.75 Å². The fraction of sp³-hybridized carbons (Fsp3) is 0.125. The summed E-state index contributed by atoms with van der Waals surface area (Å²) in [5, 5.41) is 0. The monoisotopic (exact) mass is 257 g/mol. The van der Waals surface area contributed by atoms with Gasteiger partial charge in [-0.2, -0.15) is 0 Å². The van der Waals surface area contributed by atoms with Gasteiger partial charge in [0.25, 0.3) is 0 Å². The van der Waals surface area contributed by atoms with E-state index in [9.17, 15) is 4.39 Å². The Morgan fingerprint density at radius 2 is 1.89 bits per heavy atom. The number of hydrogen-bond donors (Lipinski definition) is 1. The normalized spacial score (nSPS) is 10.8. The van der Waals surface area contributed by atoms with Crippen LogP contribution in [0.1, 0.15) is 11.1 Å². The summed E-state index contributed by atoms with van der Waals surface area (Å²) < 4.78 is 18.9. The van der Waals surface area contributed by atoms with Crippen LogP contribution in [0.4, 0.5) is 4.39 Å². The fourth-order valence-electron chi connectivity index (χ4n) is 1.67. The molecule has 0 radical (unpaired) electrons. The van der Waals surface area contributed by atoms with Crippen LogP contribution in [-0.4, -0.2) is 6.61 Å². The lowest BCUT2D eigenvalue weighted by molar-refractivity contribution is 0.342. The summed E-state index contributed by atoms with van der Waals surface area (Å²) in [5.41, 5.74) is 7.28. The minimum atomic E-state index is -0.379. The van der Waals surface area contributed by atoms with Crippen molar-refractivity contribution in [3.8, 4) is 5.75 Å². The van der Waals surface area contributed by atoms with Crippen molar-refractivity contribution >= 4 is 6.08 Å². The maximum atomic E-state index is 13.6. The molecule has 0 aliphatic heterocycles. The van der Waals surface area contributed by atoms with E-state index in [1.54, 1.807) is 12.1 Å². The van der Waals surface area contributed by atoms with Crippen LogP contribution >= 0.6 is 0 Å². The first-order chi connectivity index (χ1) is 9.29. The molecule has 0 atom stereocenters. The second-order valence-electron chi connectivity index (χ2n) is 4.09. The first-order valence-electron chi connectivity index (χ1n) is 6.12. The van der Waals surface area contributed by atoms with E-state index in [2.05, 4.69) is 0 Å². The average molecular weight is 257 g/mol. The highest BCUT2D eigenvalue weighted by Gasteiger charge is 2.02. The van der Waals surface area contributed by atoms with E-state index in [1.807, 2.05) is 42.5 Å². The molecule has 3 heteroatoms. The van der Waals surface area contributed by atoms with Crippen molar-refractivity contribution < 1.29 is 9.13 Å². The summed E-state index contributed by atoms with van der Waals surface area (Å²) in [5.74, 6) is -0.133. The van der Waals surface area contributed by atoms with E-state index < -0.39 is 0 Å². The van der Waals surface area contributed by atoms with Gasteiger partial charge in [0.15, 0.2) is 11.6 Å². The first-order valence-corrected chi connectivity index (χ1v) is 6.12. The number of rotatable bonds is 5. The topological polar surface area (TPSA) is 35.2 Å². The number of ether oxygens (including phenoxy) is 1. The van der Waals surface area contributed by atoms with Crippen molar-refractivity contribution in [1.82, 2.24) is 0 Å². The van der Waals surface area contributed by atoms with Gasteiger partial charge >= 0.3 is 0 Å². The third kappa shape index (κ3) is 3.93. The molecule has 19 heavy (non-hydrogen) atoms. The Morgan fingerprint density at radius 1 is 1.11 bits per heavy atom. The minimum absolute atomic E-state index is 0.245. The standard InChI is InChI=1S/C16H16FNO/c17-15-11-14(12-18)8-9-16(15)19-10-4-7-13-5-2-1-3-6-13/h1-9,11H,10,12,18H2/b7-4+. The van der Waals surface area contributed by atoms with Gasteiger partial charge in [0.05, 0.1) is 0 Å². The average Bonchev–Trinajstić information content (AvgIpc) is 2.46. The molecular weight excluding hydrogens is 241 g/mol. The molecule has 0 fully saturated rings. The van der Waals surface area contributed by atoms with Crippen LogP contribution < -0.4 is 10.5 Å². The summed E-state index contributed by atoms with van der Waals surface area (Å²) in [4.78, 5) is 0. The molecule has 0 heterocycles. The first kappa shape index (κ1) is 13.3. The molecule has 0 amide bonds. The highest BCUT2D eigenvalue weighted by atomic mass is 19.1. The molecule has 2 nitrogen and oxygen atoms in total. The Hall–Kier alpha value is -2.13. The lowest BCUT2D eigenvalue weighted by Gasteiger charge is -2.05. The van der Waals surface area contributed by atoms with Crippen LogP contribution in [0, 0.1) is 5.82 Å². The lowest BCUT2D eigenvalue weighted by Crippen LogP contribution is -2.00. The van der Waals surface area contributed by atoms with Gasteiger partial charge in [0.2, 0.25) is 0 Å². The van der Waals surface area contributed by atoms with E-state index >= 15 is 0 Å². The number of nitrogens with two attached hydrogens (primary N) is 1. The molecule has 0 unspecified atom stereocenters. The third-order valence-electron chi connectivity index (χ3n) is 2.68. The van der Waals surface area contributed by atoms with Gasteiger partial charge in [-0.15, -0.1) is 0 Å². The van der Waals surface area contributed by atoms with Crippen LogP contribution in [0.25, 0.3) is 6.08 Å². The summed E-state index contributed by atoms with van der Waals surface area (Å²) >= 11 is 0. The van der Waals surface area contributed by atoms with E-state index in [4.69, 9.17) is 10.5 Å². The Kier molecular flexibility index (Phi) is 4.70. The molecule has 98 valence electrons. The van der Waals surface area contributed by atoms with E-state index in [1.165, 1.54) is 6.07 Å². The molecule has 0 aliphatic carbocycles. The van der Waals surface area contributed by atoms with Gasteiger partial charge in [-0.05, 0) is 29.3 Å². The third-order valence-corrected chi connectivity index (χ3v) is 2.68. The summed E-state index contributed by atoms with van der Waals surface area (Å²) in [6.45, 7) is 0.652. The highest BCUT2D eigenvalue weighted by molar-refractivity contribution is 5.48. The molecule has 2 aromatic carbocycles. The predicted molar refractivity (Wildman–Crippen MR) is 75.3 cm³/mol. The molecule has 2 N–H and O–H groups in total. The van der Waals surface area contributed by atoms with E-state index in [0.29, 0.717) is 13.2 Å². The zero-order valence-electron chi connectivity index (χ0n) is 10.6. The van der Waals surface area contributed by atoms with Crippen LogP contribution in [0.3, 0.4) is 0 Å². The Balaban J connectivity index is 1.91. The Bertz CT molecular complexity index is 552. The van der Waals surface area contributed by atoms with Crippen LogP contribution in [0.2, 0.25) is 0 Å². The van der Waals surface area contributed by atoms with Gasteiger partial charge in [0, 0.05) is 6.54 Å². The van der Waals surface area contributed by atoms with Gasteiger partial charge in [-0.3, -0.25) is 0 Å². The minimum Gasteiger partial charge on any atom is -0.486 e. The SMILES string of the molecule is NCc1ccc(OC/C=C/c2ccccc2)c(F)c1. The zero-order chi connectivity index (χ0) is 13.5. The lowest BCUT2D eigenvalue weighted by atomic mass is 10.2. The van der Waals surface area contributed by atoms with Crippen molar-refractivity contribution in [2.24, 2.45) is 5.73 Å². The molecule has 0 saturated carbocycles. The zero-order valence-corrected chi connectivity index (χ0v) is 10.6. The second-order valence-corrected chi connectivity index (χ2v) is 4.09. The van der Waals surface area contributed by atoms with E-state index in [0.717, 1.165) is 11.1 Å². The quantitative estimate of drug-likeness (QED) is 0.891. The molecule has 0 bridgehead atoms. The van der Waals surface area contributed by atoms with E-state index in [-0.39, 0.29) is 11.6 Å². The van der Waals surface area contributed by atoms with Crippen molar-refractivity contribution in [2.45, 2.75) is 6.54 Å². The van der Waals surface area contributed by atoms with Crippen LogP contribution in [0.15, 0.2) is 54.6 Å². The summed E-state index contributed by atoms with van der Waals surface area (Å²) in [6.07, 6.45) is 3.79.